The van der Waals surface area contributed by atoms with E-state index in [0.29, 0.717) is 6.61 Å². The van der Waals surface area contributed by atoms with Crippen LogP contribution in [0.25, 0.3) is 0 Å². The number of hydrogen-bond acceptors (Lipinski definition) is 4. The van der Waals surface area contributed by atoms with Crippen molar-refractivity contribution in [2.75, 3.05) is 20.3 Å². The van der Waals surface area contributed by atoms with Crippen molar-refractivity contribution in [2.24, 2.45) is 5.73 Å². The van der Waals surface area contributed by atoms with Gasteiger partial charge in [-0.25, -0.2) is 0 Å². The molecule has 4 N–H and O–H groups in total. The van der Waals surface area contributed by atoms with E-state index in [1.54, 1.807) is 7.11 Å². The summed E-state index contributed by atoms with van der Waals surface area (Å²) in [6.07, 6.45) is 0.875. The number of nitrogens with one attached hydrogen (secondary N) is 1. The number of nitrogens with two attached hydrogens (primary N) is 1. The van der Waals surface area contributed by atoms with Crippen LogP contribution in [0.3, 0.4) is 0 Å². The molecule has 0 heterocycles. The van der Waals surface area contributed by atoms with Gasteiger partial charge in [-0.15, -0.1) is 0 Å². The molecule has 0 amide bonds. The summed E-state index contributed by atoms with van der Waals surface area (Å²) in [5, 5.41) is 12.7. The van der Waals surface area contributed by atoms with Crippen molar-refractivity contribution < 1.29 is 9.84 Å². The van der Waals surface area contributed by atoms with Crippen molar-refractivity contribution in [1.82, 2.24) is 5.32 Å². The van der Waals surface area contributed by atoms with Crippen LogP contribution >= 0.6 is 0 Å². The van der Waals surface area contributed by atoms with Crippen LogP contribution in [0.4, 0.5) is 0 Å². The monoisotopic (exact) mass is 236 g/mol. The third-order valence-electron chi connectivity index (χ3n) is 3.29. The highest BCUT2D eigenvalue weighted by Gasteiger charge is 2.29. The Morgan fingerprint density at radius 3 is 2.82 bits per heavy atom. The largest absolute Gasteiger partial charge is 0.395 e. The molecule has 2 rings (SSSR count). The molecule has 1 aromatic carbocycles. The number of rotatable bonds is 5. The minimum atomic E-state index is -0.0386. The Hall–Kier alpha value is -0.940. The van der Waals surface area contributed by atoms with Gasteiger partial charge in [0.05, 0.1) is 19.3 Å². The van der Waals surface area contributed by atoms with Gasteiger partial charge in [0.25, 0.3) is 0 Å². The van der Waals surface area contributed by atoms with E-state index in [-0.39, 0.29) is 24.7 Å². The van der Waals surface area contributed by atoms with Crippen molar-refractivity contribution in [3.63, 3.8) is 0 Å². The Morgan fingerprint density at radius 2 is 2.18 bits per heavy atom. The number of aliphatic hydroxyl groups is 1. The zero-order chi connectivity index (χ0) is 12.3. The van der Waals surface area contributed by atoms with Crippen molar-refractivity contribution in [2.45, 2.75) is 24.5 Å². The third-order valence-corrected chi connectivity index (χ3v) is 3.29. The molecule has 94 valence electrons. The number of benzene rings is 1. The summed E-state index contributed by atoms with van der Waals surface area (Å²) >= 11 is 0. The highest BCUT2D eigenvalue weighted by molar-refractivity contribution is 5.37. The fourth-order valence-electron chi connectivity index (χ4n) is 2.47. The number of ether oxygens (including phenoxy) is 1. The minimum absolute atomic E-state index is 0.0386. The highest BCUT2D eigenvalue weighted by Crippen LogP contribution is 2.37. The lowest BCUT2D eigenvalue weighted by Crippen LogP contribution is -2.38. The van der Waals surface area contributed by atoms with Crippen molar-refractivity contribution >= 4 is 0 Å². The van der Waals surface area contributed by atoms with Gasteiger partial charge in [-0.05, 0) is 17.5 Å². The SMILES string of the molecule is COCC(CO)NC1CC(N)c2ccccc21. The molecule has 0 saturated carbocycles. The quantitative estimate of drug-likeness (QED) is 0.705. The first-order valence-corrected chi connectivity index (χ1v) is 5.96. The van der Waals surface area contributed by atoms with Crippen molar-refractivity contribution in [3.05, 3.63) is 35.4 Å². The molecule has 4 heteroatoms. The maximum atomic E-state index is 9.26. The molecule has 0 radical (unpaired) electrons. The summed E-state index contributed by atoms with van der Waals surface area (Å²) in [5.41, 5.74) is 8.55. The lowest BCUT2D eigenvalue weighted by molar-refractivity contribution is 0.121. The Morgan fingerprint density at radius 1 is 1.47 bits per heavy atom. The van der Waals surface area contributed by atoms with Gasteiger partial charge in [0.1, 0.15) is 0 Å². The van der Waals surface area contributed by atoms with E-state index < -0.39 is 0 Å². The Kier molecular flexibility index (Phi) is 4.12. The minimum Gasteiger partial charge on any atom is -0.395 e. The van der Waals surface area contributed by atoms with Crippen molar-refractivity contribution in [3.8, 4) is 0 Å². The van der Waals surface area contributed by atoms with Crippen LogP contribution in [-0.4, -0.2) is 31.5 Å². The van der Waals surface area contributed by atoms with E-state index in [4.69, 9.17) is 10.5 Å². The Bertz CT molecular complexity index is 370. The second-order valence-corrected chi connectivity index (χ2v) is 4.53. The van der Waals surface area contributed by atoms with Gasteiger partial charge in [-0.3, -0.25) is 0 Å². The van der Waals surface area contributed by atoms with Crippen LogP contribution in [0, 0.1) is 0 Å². The van der Waals surface area contributed by atoms with Crippen LogP contribution in [0.15, 0.2) is 24.3 Å². The first-order chi connectivity index (χ1) is 8.26. The Labute approximate surface area is 102 Å². The van der Waals surface area contributed by atoms with E-state index in [9.17, 15) is 5.11 Å². The van der Waals surface area contributed by atoms with Crippen molar-refractivity contribution in [1.29, 1.82) is 0 Å². The maximum absolute atomic E-state index is 9.26. The van der Waals surface area contributed by atoms with Crippen LogP contribution < -0.4 is 11.1 Å². The average Bonchev–Trinajstić information content (AvgIpc) is 2.66. The van der Waals surface area contributed by atoms with Gasteiger partial charge in [0.2, 0.25) is 0 Å². The summed E-state index contributed by atoms with van der Waals surface area (Å²) in [6, 6.07) is 8.48. The molecule has 1 aliphatic rings. The van der Waals surface area contributed by atoms with Gasteiger partial charge >= 0.3 is 0 Å². The van der Waals surface area contributed by atoms with Crippen LogP contribution in [0.5, 0.6) is 0 Å². The van der Waals surface area contributed by atoms with Crippen LogP contribution in [0.1, 0.15) is 29.6 Å². The number of methoxy groups -OCH3 is 1. The van der Waals surface area contributed by atoms with E-state index in [1.165, 1.54) is 11.1 Å². The molecule has 0 aromatic heterocycles. The summed E-state index contributed by atoms with van der Waals surface area (Å²) in [4.78, 5) is 0. The molecule has 3 unspecified atom stereocenters. The molecule has 4 nitrogen and oxygen atoms in total. The standard InChI is InChI=1S/C13H20N2O2/c1-17-8-9(7-16)15-13-6-12(14)10-4-2-3-5-11(10)13/h2-5,9,12-13,15-16H,6-8,14H2,1H3. The zero-order valence-corrected chi connectivity index (χ0v) is 10.1. The summed E-state index contributed by atoms with van der Waals surface area (Å²) in [5.74, 6) is 0. The molecule has 3 atom stereocenters. The third kappa shape index (κ3) is 2.66. The predicted molar refractivity (Wildman–Crippen MR) is 66.6 cm³/mol. The molecule has 17 heavy (non-hydrogen) atoms. The lowest BCUT2D eigenvalue weighted by Gasteiger charge is -2.21. The number of fused-ring (bicyclic) bond motifs is 1. The van der Waals surface area contributed by atoms with Crippen LogP contribution in [0.2, 0.25) is 0 Å². The van der Waals surface area contributed by atoms with Gasteiger partial charge in [0, 0.05) is 19.2 Å². The van der Waals surface area contributed by atoms with E-state index in [0.717, 1.165) is 6.42 Å². The molecular formula is C13H20N2O2. The van der Waals surface area contributed by atoms with Crippen LogP contribution in [-0.2, 0) is 4.74 Å². The molecule has 0 saturated heterocycles. The smallest absolute Gasteiger partial charge is 0.0638 e. The average molecular weight is 236 g/mol. The fourth-order valence-corrected chi connectivity index (χ4v) is 2.47. The van der Waals surface area contributed by atoms with Gasteiger partial charge in [-0.1, -0.05) is 24.3 Å². The van der Waals surface area contributed by atoms with E-state index in [1.807, 2.05) is 12.1 Å². The Balaban J connectivity index is 2.09. The van der Waals surface area contributed by atoms with Gasteiger partial charge in [0.15, 0.2) is 0 Å². The fraction of sp³-hybridized carbons (Fsp3) is 0.538. The van der Waals surface area contributed by atoms with Gasteiger partial charge < -0.3 is 20.9 Å². The van der Waals surface area contributed by atoms with E-state index >= 15 is 0 Å². The summed E-state index contributed by atoms with van der Waals surface area (Å²) in [6.45, 7) is 0.576. The first kappa shape index (κ1) is 12.5. The normalized spacial score (nSPS) is 24.6. The number of aliphatic hydroxyl groups excluding tert-OH is 1. The number of hydrogen-bond donors (Lipinski definition) is 3. The molecule has 0 bridgehead atoms. The summed E-state index contributed by atoms with van der Waals surface area (Å²) in [7, 11) is 1.64. The maximum Gasteiger partial charge on any atom is 0.0638 e. The van der Waals surface area contributed by atoms with E-state index in [2.05, 4.69) is 17.4 Å². The summed E-state index contributed by atoms with van der Waals surface area (Å²) < 4.78 is 5.07. The molecule has 0 spiro atoms. The molecule has 0 fully saturated rings. The van der Waals surface area contributed by atoms with Gasteiger partial charge in [-0.2, -0.15) is 0 Å². The molecule has 0 aliphatic heterocycles. The second kappa shape index (κ2) is 5.60. The lowest BCUT2D eigenvalue weighted by atomic mass is 10.1. The molecular weight excluding hydrogens is 216 g/mol. The zero-order valence-electron chi connectivity index (χ0n) is 10.1. The predicted octanol–water partition coefficient (Wildman–Crippen LogP) is 0.728. The second-order valence-electron chi connectivity index (χ2n) is 4.53. The molecule has 1 aromatic rings. The topological polar surface area (TPSA) is 67.5 Å². The first-order valence-electron chi connectivity index (χ1n) is 5.96. The highest BCUT2D eigenvalue weighted by atomic mass is 16.5. The molecule has 1 aliphatic carbocycles.